The summed E-state index contributed by atoms with van der Waals surface area (Å²) in [5.41, 5.74) is 1.84. The minimum atomic E-state index is -0.812. The van der Waals surface area contributed by atoms with Gasteiger partial charge in [0.05, 0.1) is 19.8 Å². The molecule has 45 heavy (non-hydrogen) atoms. The minimum absolute atomic E-state index is 0. The van der Waals surface area contributed by atoms with Gasteiger partial charge in [0, 0.05) is 5.41 Å². The minimum Gasteiger partial charge on any atom is -0.431 e. The summed E-state index contributed by atoms with van der Waals surface area (Å²) in [7, 11) is 0. The van der Waals surface area contributed by atoms with Crippen molar-refractivity contribution >= 4 is 18.5 Å². The van der Waals surface area contributed by atoms with Crippen LogP contribution in [0.25, 0.3) is 0 Å². The van der Waals surface area contributed by atoms with Crippen LogP contribution in [-0.4, -0.2) is 76.4 Å². The van der Waals surface area contributed by atoms with Crippen LogP contribution in [0, 0.1) is 0 Å². The van der Waals surface area contributed by atoms with Gasteiger partial charge in [-0.1, -0.05) is 43.8 Å². The van der Waals surface area contributed by atoms with Crippen molar-refractivity contribution in [2.75, 3.05) is 39.6 Å². The summed E-state index contributed by atoms with van der Waals surface area (Å²) in [6.45, 7) is 4.17. The van der Waals surface area contributed by atoms with E-state index < -0.39 is 23.9 Å². The molecule has 0 radical (unpaired) electrons. The van der Waals surface area contributed by atoms with Crippen LogP contribution in [0.3, 0.4) is 0 Å². The van der Waals surface area contributed by atoms with Gasteiger partial charge in [0.15, 0.2) is 0 Å². The lowest BCUT2D eigenvalue weighted by Crippen LogP contribution is -2.25. The van der Waals surface area contributed by atoms with Crippen molar-refractivity contribution in [3.8, 4) is 17.2 Å². The lowest BCUT2D eigenvalue weighted by atomic mass is 9.71. The van der Waals surface area contributed by atoms with Crippen LogP contribution < -0.4 is 14.2 Å². The lowest BCUT2D eigenvalue weighted by molar-refractivity contribution is 0.0911. The fourth-order valence-electron chi connectivity index (χ4n) is 4.42. The zero-order valence-electron chi connectivity index (χ0n) is 23.8. The molecular weight excluding hydrogens is 588 g/mol. The van der Waals surface area contributed by atoms with Crippen molar-refractivity contribution in [1.29, 1.82) is 0 Å². The number of carbonyl (C=O) groups excluding carboxylic acids is 3. The Hall–Kier alpha value is -4.65. The Kier molecular flexibility index (Phi) is 9.87. The lowest BCUT2D eigenvalue weighted by Gasteiger charge is -2.32. The topological polar surface area (TPSA) is 144 Å². The molecule has 0 saturated carbocycles. The van der Waals surface area contributed by atoms with Crippen LogP contribution in [0.5, 0.6) is 17.2 Å². The third-order valence-corrected chi connectivity index (χ3v) is 7.27. The first-order valence-corrected chi connectivity index (χ1v) is 14.1. The number of ether oxygens (including phenoxy) is 9. The van der Waals surface area contributed by atoms with Gasteiger partial charge in [-0.3, -0.25) is 0 Å². The quantitative estimate of drug-likeness (QED) is 0.0836. The predicted molar refractivity (Wildman–Crippen MR) is 157 cm³/mol. The number of epoxide rings is 3. The monoisotopic (exact) mass is 622 g/mol. The molecule has 3 aromatic rings. The second-order valence-corrected chi connectivity index (χ2v) is 10.6. The smallest absolute Gasteiger partial charge is 0.431 e. The average molecular weight is 623 g/mol. The molecule has 0 aromatic heterocycles. The van der Waals surface area contributed by atoms with Gasteiger partial charge < -0.3 is 42.6 Å². The highest BCUT2D eigenvalue weighted by Crippen LogP contribution is 2.40. The fourth-order valence-corrected chi connectivity index (χ4v) is 4.42. The van der Waals surface area contributed by atoms with Crippen LogP contribution in [0.1, 0.15) is 31.0 Å². The van der Waals surface area contributed by atoms with Crippen LogP contribution in [0.2, 0.25) is 0 Å². The van der Waals surface area contributed by atoms with Crippen molar-refractivity contribution in [2.24, 2.45) is 0 Å². The molecule has 238 valence electrons. The van der Waals surface area contributed by atoms with Gasteiger partial charge >= 0.3 is 18.5 Å². The molecule has 0 aliphatic carbocycles. The van der Waals surface area contributed by atoms with Crippen molar-refractivity contribution in [3.63, 3.8) is 0 Å². The van der Waals surface area contributed by atoms with Crippen LogP contribution in [0.4, 0.5) is 14.4 Å². The highest BCUT2D eigenvalue weighted by molar-refractivity contribution is 5.65. The zero-order valence-corrected chi connectivity index (χ0v) is 23.8. The summed E-state index contributed by atoms with van der Waals surface area (Å²) in [4.78, 5) is 36.1. The number of carbonyl (C=O) groups is 3. The Morgan fingerprint density at radius 1 is 0.556 bits per heavy atom. The normalized spacial score (nSPS) is 20.3. The van der Waals surface area contributed by atoms with E-state index in [0.717, 1.165) is 16.7 Å². The van der Waals surface area contributed by atoms with Crippen LogP contribution in [-0.2, 0) is 33.8 Å². The Balaban J connectivity index is 0.00000400. The highest BCUT2D eigenvalue weighted by atomic mass is 16.7. The molecule has 3 aliphatic rings. The molecule has 3 aliphatic heterocycles. The third-order valence-electron chi connectivity index (χ3n) is 7.27. The molecule has 12 nitrogen and oxygen atoms in total. The van der Waals surface area contributed by atoms with E-state index in [1.165, 1.54) is 0 Å². The molecule has 3 heterocycles. The molecule has 3 unspecified atom stereocenters. The summed E-state index contributed by atoms with van der Waals surface area (Å²) in [6.07, 6.45) is -2.63. The van der Waals surface area contributed by atoms with E-state index in [4.69, 9.17) is 42.6 Å². The van der Waals surface area contributed by atoms with Crippen LogP contribution >= 0.6 is 0 Å². The molecule has 3 fully saturated rings. The fraction of sp³-hybridized carbons (Fsp3) is 0.364. The van der Waals surface area contributed by atoms with E-state index >= 15 is 0 Å². The van der Waals surface area contributed by atoms with Gasteiger partial charge in [0.2, 0.25) is 0 Å². The standard InChI is InChI=1S/C32H30O12.CH4/c1-32(20-2-8-23(9-3-20)42-29(33)39-17-26-14-36-26,21-4-10-24(11-5-21)43-30(34)40-18-27-15-37-27)22-6-12-25(13-7-22)44-31(35)41-19-28-16-38-28;/h2-13,26-28H,14-19H2,1H3;1H4. The maximum Gasteiger partial charge on any atom is 0.513 e. The van der Waals surface area contributed by atoms with E-state index in [1.807, 2.05) is 43.3 Å². The van der Waals surface area contributed by atoms with Gasteiger partial charge in [-0.2, -0.15) is 0 Å². The van der Waals surface area contributed by atoms with E-state index in [9.17, 15) is 14.4 Å². The first kappa shape index (κ1) is 31.8. The molecule has 0 N–H and O–H groups in total. The first-order chi connectivity index (χ1) is 21.3. The number of benzene rings is 3. The third kappa shape index (κ3) is 8.72. The molecule has 0 amide bonds. The number of hydrogen-bond donors (Lipinski definition) is 0. The summed E-state index contributed by atoms with van der Waals surface area (Å²) in [5.74, 6) is 0.946. The molecule has 3 saturated heterocycles. The molecule has 3 aromatic carbocycles. The van der Waals surface area contributed by atoms with Gasteiger partial charge in [0.25, 0.3) is 0 Å². The Bertz CT molecular complexity index is 1280. The summed E-state index contributed by atoms with van der Waals surface area (Å²) in [5, 5.41) is 0. The van der Waals surface area contributed by atoms with Gasteiger partial charge in [-0.15, -0.1) is 0 Å². The second kappa shape index (κ2) is 14.0. The maximum atomic E-state index is 12.0. The van der Waals surface area contributed by atoms with E-state index in [2.05, 4.69) is 0 Å². The summed E-state index contributed by atoms with van der Waals surface area (Å²) in [6, 6.07) is 21.1. The SMILES string of the molecule is C.CC(c1ccc(OC(=O)OCC2CO2)cc1)(c1ccc(OC(=O)OCC2CO2)cc1)c1ccc(OC(=O)OCC2CO2)cc1. The van der Waals surface area contributed by atoms with E-state index in [1.54, 1.807) is 36.4 Å². The molecule has 0 bridgehead atoms. The van der Waals surface area contributed by atoms with Gasteiger partial charge in [-0.05, 0) is 60.0 Å². The van der Waals surface area contributed by atoms with Crippen molar-refractivity contribution in [3.05, 3.63) is 89.5 Å². The maximum absolute atomic E-state index is 12.0. The molecule has 12 heteroatoms. The summed E-state index contributed by atoms with van der Waals surface area (Å²) >= 11 is 0. The van der Waals surface area contributed by atoms with Crippen molar-refractivity contribution in [2.45, 2.75) is 38.1 Å². The Morgan fingerprint density at radius 2 is 0.800 bits per heavy atom. The highest BCUT2D eigenvalue weighted by Gasteiger charge is 2.32. The van der Waals surface area contributed by atoms with Crippen molar-refractivity contribution in [1.82, 2.24) is 0 Å². The first-order valence-electron chi connectivity index (χ1n) is 14.1. The van der Waals surface area contributed by atoms with E-state index in [0.29, 0.717) is 37.1 Å². The molecule has 6 rings (SSSR count). The van der Waals surface area contributed by atoms with Gasteiger partial charge in [0.1, 0.15) is 55.4 Å². The van der Waals surface area contributed by atoms with Crippen molar-refractivity contribution < 1.29 is 57.0 Å². The summed E-state index contributed by atoms with van der Waals surface area (Å²) < 4.78 is 46.2. The van der Waals surface area contributed by atoms with Crippen LogP contribution in [0.15, 0.2) is 72.8 Å². The largest absolute Gasteiger partial charge is 0.513 e. The number of hydrogen-bond acceptors (Lipinski definition) is 12. The van der Waals surface area contributed by atoms with Gasteiger partial charge in [-0.25, -0.2) is 14.4 Å². The molecular formula is C33H34O12. The molecule has 3 atom stereocenters. The predicted octanol–water partition coefficient (Wildman–Crippen LogP) is 5.42. The zero-order chi connectivity index (χ0) is 30.5. The van der Waals surface area contributed by atoms with E-state index in [-0.39, 0.29) is 45.6 Å². The number of rotatable bonds is 12. The Labute approximate surface area is 260 Å². The molecule has 0 spiro atoms. The Morgan fingerprint density at radius 3 is 1.02 bits per heavy atom. The average Bonchev–Trinajstić information content (AvgIpc) is 3.87. The second-order valence-electron chi connectivity index (χ2n) is 10.6.